The lowest BCUT2D eigenvalue weighted by Gasteiger charge is -2.34. The van der Waals surface area contributed by atoms with Crippen molar-refractivity contribution in [1.29, 1.82) is 0 Å². The third-order valence-electron chi connectivity index (χ3n) is 2.89. The molecule has 1 amide bonds. The van der Waals surface area contributed by atoms with Gasteiger partial charge < -0.3 is 16.2 Å². The van der Waals surface area contributed by atoms with Crippen LogP contribution in [0.2, 0.25) is 0 Å². The smallest absolute Gasteiger partial charge is 0.219 e. The quantitative estimate of drug-likeness (QED) is 0.582. The lowest BCUT2D eigenvalue weighted by molar-refractivity contribution is -0.119. The molecule has 0 saturated heterocycles. The molecule has 2 unspecified atom stereocenters. The Balaban J connectivity index is 4.47. The van der Waals surface area contributed by atoms with E-state index in [1.807, 2.05) is 0 Å². The number of ether oxygens (including phenoxy) is 1. The number of methoxy groups -OCH3 is 1. The topological polar surface area (TPSA) is 81.6 Å². The molecule has 16 heavy (non-hydrogen) atoms. The van der Waals surface area contributed by atoms with Gasteiger partial charge in [-0.2, -0.15) is 0 Å². The van der Waals surface area contributed by atoms with Crippen LogP contribution in [0.1, 0.15) is 26.7 Å². The van der Waals surface area contributed by atoms with Crippen LogP contribution in [0.4, 0.5) is 0 Å². The zero-order chi connectivity index (χ0) is 12.6. The average molecular weight is 231 g/mol. The molecule has 0 aliphatic carbocycles. The molecular weight excluding hydrogens is 206 g/mol. The van der Waals surface area contributed by atoms with E-state index in [4.69, 9.17) is 16.2 Å². The number of hydrogen-bond acceptors (Lipinski definition) is 4. The van der Waals surface area contributed by atoms with Crippen molar-refractivity contribution in [2.24, 2.45) is 11.5 Å². The monoisotopic (exact) mass is 231 g/mol. The van der Waals surface area contributed by atoms with Crippen LogP contribution in [0, 0.1) is 0 Å². The van der Waals surface area contributed by atoms with E-state index in [1.54, 1.807) is 7.11 Å². The fourth-order valence-corrected chi connectivity index (χ4v) is 1.76. The van der Waals surface area contributed by atoms with Gasteiger partial charge in [-0.25, -0.2) is 0 Å². The standard InChI is InChI=1S/C11H25N3O2/c1-4-9(2)14(5-6-16-3)10(8-12)7-11(13)15/h9-10H,4-8,12H2,1-3H3,(H2,13,15). The molecule has 0 bridgehead atoms. The van der Waals surface area contributed by atoms with E-state index in [1.165, 1.54) is 0 Å². The van der Waals surface area contributed by atoms with Crippen LogP contribution in [-0.4, -0.2) is 49.7 Å². The number of carbonyl (C=O) groups excluding carboxylic acids is 1. The third-order valence-corrected chi connectivity index (χ3v) is 2.89. The van der Waals surface area contributed by atoms with E-state index in [9.17, 15) is 4.79 Å². The van der Waals surface area contributed by atoms with Gasteiger partial charge in [-0.05, 0) is 13.3 Å². The molecular formula is C11H25N3O2. The summed E-state index contributed by atoms with van der Waals surface area (Å²) in [5.74, 6) is -0.304. The summed E-state index contributed by atoms with van der Waals surface area (Å²) >= 11 is 0. The van der Waals surface area contributed by atoms with Crippen LogP contribution in [0.3, 0.4) is 0 Å². The summed E-state index contributed by atoms with van der Waals surface area (Å²) in [6.45, 7) is 6.10. The normalized spacial score (nSPS) is 15.1. The second kappa shape index (κ2) is 8.50. The Morgan fingerprint density at radius 3 is 2.50 bits per heavy atom. The molecule has 5 nitrogen and oxygen atoms in total. The maximum atomic E-state index is 11.0. The van der Waals surface area contributed by atoms with Crippen LogP contribution in [0.5, 0.6) is 0 Å². The van der Waals surface area contributed by atoms with Gasteiger partial charge >= 0.3 is 0 Å². The minimum Gasteiger partial charge on any atom is -0.383 e. The highest BCUT2D eigenvalue weighted by molar-refractivity contribution is 5.74. The van der Waals surface area contributed by atoms with Gasteiger partial charge in [0.15, 0.2) is 0 Å². The fraction of sp³-hybridized carbons (Fsp3) is 0.909. The molecule has 2 atom stereocenters. The molecule has 0 aromatic heterocycles. The molecule has 0 heterocycles. The van der Waals surface area contributed by atoms with Crippen molar-refractivity contribution in [2.75, 3.05) is 26.8 Å². The number of hydrogen-bond donors (Lipinski definition) is 2. The van der Waals surface area contributed by atoms with E-state index >= 15 is 0 Å². The van der Waals surface area contributed by atoms with Gasteiger partial charge in [0.2, 0.25) is 5.91 Å². The first-order valence-electron chi connectivity index (χ1n) is 5.79. The summed E-state index contributed by atoms with van der Waals surface area (Å²) in [4.78, 5) is 13.2. The molecule has 0 aromatic rings. The minimum atomic E-state index is -0.304. The predicted molar refractivity (Wildman–Crippen MR) is 65.0 cm³/mol. The second-order valence-corrected chi connectivity index (χ2v) is 4.05. The molecule has 96 valence electrons. The van der Waals surface area contributed by atoms with E-state index in [0.717, 1.165) is 13.0 Å². The lowest BCUT2D eigenvalue weighted by Crippen LogP contribution is -2.48. The summed E-state index contributed by atoms with van der Waals surface area (Å²) in [7, 11) is 1.67. The number of amides is 1. The fourth-order valence-electron chi connectivity index (χ4n) is 1.76. The molecule has 0 rings (SSSR count). The van der Waals surface area contributed by atoms with Crippen molar-refractivity contribution in [3.8, 4) is 0 Å². The highest BCUT2D eigenvalue weighted by atomic mass is 16.5. The summed E-state index contributed by atoms with van der Waals surface area (Å²) in [5, 5.41) is 0. The first kappa shape index (κ1) is 15.3. The predicted octanol–water partition coefficient (Wildman–Crippen LogP) is -0.0640. The highest BCUT2D eigenvalue weighted by Crippen LogP contribution is 2.10. The molecule has 0 aliphatic heterocycles. The van der Waals surface area contributed by atoms with Crippen molar-refractivity contribution >= 4 is 5.91 Å². The summed E-state index contributed by atoms with van der Waals surface area (Å²) in [6.07, 6.45) is 1.32. The third kappa shape index (κ3) is 5.44. The van der Waals surface area contributed by atoms with Gasteiger partial charge in [-0.1, -0.05) is 6.92 Å². The lowest BCUT2D eigenvalue weighted by atomic mass is 10.1. The molecule has 0 spiro atoms. The van der Waals surface area contributed by atoms with E-state index in [-0.39, 0.29) is 11.9 Å². The van der Waals surface area contributed by atoms with E-state index in [0.29, 0.717) is 25.6 Å². The molecule has 0 fully saturated rings. The van der Waals surface area contributed by atoms with Gasteiger partial charge in [-0.15, -0.1) is 0 Å². The molecule has 4 N–H and O–H groups in total. The summed E-state index contributed by atoms with van der Waals surface area (Å²) < 4.78 is 5.07. The zero-order valence-corrected chi connectivity index (χ0v) is 10.6. The second-order valence-electron chi connectivity index (χ2n) is 4.05. The zero-order valence-electron chi connectivity index (χ0n) is 10.6. The van der Waals surface area contributed by atoms with Crippen molar-refractivity contribution < 1.29 is 9.53 Å². The molecule has 0 radical (unpaired) electrons. The maximum absolute atomic E-state index is 11.0. The molecule has 0 saturated carbocycles. The van der Waals surface area contributed by atoms with Crippen molar-refractivity contribution in [2.45, 2.75) is 38.8 Å². The average Bonchev–Trinajstić information content (AvgIpc) is 2.26. The van der Waals surface area contributed by atoms with E-state index < -0.39 is 0 Å². The number of rotatable bonds is 9. The summed E-state index contributed by atoms with van der Waals surface area (Å²) in [6, 6.07) is 0.394. The first-order chi connectivity index (χ1) is 7.56. The molecule has 0 aromatic carbocycles. The van der Waals surface area contributed by atoms with Crippen LogP contribution >= 0.6 is 0 Å². The van der Waals surface area contributed by atoms with Crippen molar-refractivity contribution in [1.82, 2.24) is 4.90 Å². The number of nitrogens with two attached hydrogens (primary N) is 2. The van der Waals surface area contributed by atoms with Crippen molar-refractivity contribution in [3.63, 3.8) is 0 Å². The van der Waals surface area contributed by atoms with Gasteiger partial charge in [0.05, 0.1) is 6.61 Å². The van der Waals surface area contributed by atoms with Crippen LogP contribution in [0.25, 0.3) is 0 Å². The minimum absolute atomic E-state index is 0.0163. The van der Waals surface area contributed by atoms with Crippen LogP contribution in [0.15, 0.2) is 0 Å². The Labute approximate surface area is 98.1 Å². The maximum Gasteiger partial charge on any atom is 0.219 e. The van der Waals surface area contributed by atoms with Gasteiger partial charge in [0.25, 0.3) is 0 Å². The Kier molecular flexibility index (Phi) is 8.15. The summed E-state index contributed by atoms with van der Waals surface area (Å²) in [5.41, 5.74) is 10.9. The van der Waals surface area contributed by atoms with Gasteiger partial charge in [0, 0.05) is 38.7 Å². The van der Waals surface area contributed by atoms with Crippen LogP contribution in [-0.2, 0) is 9.53 Å². The SMILES string of the molecule is CCC(C)N(CCOC)C(CN)CC(N)=O. The largest absolute Gasteiger partial charge is 0.383 e. The van der Waals surface area contributed by atoms with Crippen molar-refractivity contribution in [3.05, 3.63) is 0 Å². The molecule has 5 heteroatoms. The Morgan fingerprint density at radius 2 is 2.12 bits per heavy atom. The Morgan fingerprint density at radius 1 is 1.50 bits per heavy atom. The highest BCUT2D eigenvalue weighted by Gasteiger charge is 2.22. The first-order valence-corrected chi connectivity index (χ1v) is 5.79. The number of nitrogens with zero attached hydrogens (tertiary/aromatic N) is 1. The number of primary amides is 1. The van der Waals surface area contributed by atoms with E-state index in [2.05, 4.69) is 18.7 Å². The van der Waals surface area contributed by atoms with Crippen LogP contribution < -0.4 is 11.5 Å². The number of carbonyl (C=O) groups is 1. The Hall–Kier alpha value is -0.650. The molecule has 0 aliphatic rings. The van der Waals surface area contributed by atoms with Gasteiger partial charge in [0.1, 0.15) is 0 Å². The van der Waals surface area contributed by atoms with Gasteiger partial charge in [-0.3, -0.25) is 9.69 Å². The Bertz CT molecular complexity index is 200.